The van der Waals surface area contributed by atoms with Crippen LogP contribution in [0.15, 0.2) is 18.2 Å². The molecule has 4 nitrogen and oxygen atoms in total. The Kier molecular flexibility index (Phi) is 2.38. The van der Waals surface area contributed by atoms with E-state index < -0.39 is 6.10 Å². The second-order valence-corrected chi connectivity index (χ2v) is 3.55. The molecule has 4 heteroatoms. The van der Waals surface area contributed by atoms with Crippen LogP contribution in [0, 0.1) is 0 Å². The van der Waals surface area contributed by atoms with Gasteiger partial charge in [-0.2, -0.15) is 0 Å². The van der Waals surface area contributed by atoms with Crippen molar-refractivity contribution in [1.29, 1.82) is 0 Å². The minimum Gasteiger partial charge on any atom is -0.504 e. The summed E-state index contributed by atoms with van der Waals surface area (Å²) in [6.07, 6.45) is 2.74. The molecule has 0 unspecified atom stereocenters. The molecule has 0 aromatic heterocycles. The first-order valence-corrected chi connectivity index (χ1v) is 4.73. The Morgan fingerprint density at radius 3 is 2.67 bits per heavy atom. The van der Waals surface area contributed by atoms with E-state index in [0.717, 1.165) is 0 Å². The van der Waals surface area contributed by atoms with E-state index in [1.165, 1.54) is 6.07 Å². The van der Waals surface area contributed by atoms with Gasteiger partial charge in [-0.15, -0.1) is 0 Å². The number of phenolic OH excluding ortho intramolecular Hbond substituents is 2. The molecule has 15 heavy (non-hydrogen) atoms. The van der Waals surface area contributed by atoms with Crippen LogP contribution in [0.3, 0.4) is 0 Å². The topological polar surface area (TPSA) is 72.7 Å². The van der Waals surface area contributed by atoms with Gasteiger partial charge < -0.3 is 20.6 Å². The van der Waals surface area contributed by atoms with Crippen LogP contribution in [0.2, 0.25) is 0 Å². The van der Waals surface area contributed by atoms with E-state index in [-0.39, 0.29) is 17.5 Å². The minimum atomic E-state index is -0.707. The molecule has 0 saturated carbocycles. The number of hydrogen-bond donors (Lipinski definition) is 4. The van der Waals surface area contributed by atoms with Gasteiger partial charge >= 0.3 is 0 Å². The van der Waals surface area contributed by atoms with Crippen LogP contribution in [0.4, 0.5) is 0 Å². The first-order valence-electron chi connectivity index (χ1n) is 4.73. The van der Waals surface area contributed by atoms with Crippen molar-refractivity contribution in [3.8, 4) is 11.5 Å². The number of likely N-dealkylation sites (N-methyl/N-ethyl adjacent to an activating group) is 1. The third kappa shape index (κ3) is 1.48. The monoisotopic (exact) mass is 207 g/mol. The highest BCUT2D eigenvalue weighted by atomic mass is 16.3. The lowest BCUT2D eigenvalue weighted by Gasteiger charge is -2.25. The molecule has 0 saturated heterocycles. The first kappa shape index (κ1) is 10.0. The highest BCUT2D eigenvalue weighted by Gasteiger charge is 2.25. The van der Waals surface area contributed by atoms with Crippen molar-refractivity contribution in [3.05, 3.63) is 29.3 Å². The molecule has 0 heterocycles. The van der Waals surface area contributed by atoms with Gasteiger partial charge in [0.25, 0.3) is 0 Å². The van der Waals surface area contributed by atoms with Crippen LogP contribution in [0.25, 0.3) is 6.08 Å². The molecular weight excluding hydrogens is 194 g/mol. The van der Waals surface area contributed by atoms with Gasteiger partial charge in [-0.3, -0.25) is 0 Å². The number of aliphatic hydroxyl groups is 1. The third-order valence-electron chi connectivity index (χ3n) is 2.69. The second kappa shape index (κ2) is 3.56. The van der Waals surface area contributed by atoms with E-state index in [0.29, 0.717) is 11.1 Å². The van der Waals surface area contributed by atoms with Gasteiger partial charge in [0, 0.05) is 5.56 Å². The zero-order valence-electron chi connectivity index (χ0n) is 8.31. The van der Waals surface area contributed by atoms with Crippen molar-refractivity contribution in [2.45, 2.75) is 12.1 Å². The summed E-state index contributed by atoms with van der Waals surface area (Å²) in [5.74, 6) is -0.356. The summed E-state index contributed by atoms with van der Waals surface area (Å²) < 4.78 is 0. The number of phenols is 2. The lowest BCUT2D eigenvalue weighted by Crippen LogP contribution is -2.32. The fraction of sp³-hybridized carbons (Fsp3) is 0.273. The Hall–Kier alpha value is -1.52. The minimum absolute atomic E-state index is 0.165. The van der Waals surface area contributed by atoms with Crippen LogP contribution in [0.1, 0.15) is 17.2 Å². The van der Waals surface area contributed by atoms with Gasteiger partial charge in [-0.25, -0.2) is 0 Å². The molecule has 1 aliphatic carbocycles. The SMILES string of the molecule is CN[C@@H]1C=Cc2c(ccc(O)c2O)[C@H]1O. The standard InChI is InChI=1S/C11H13NO3/c1-12-8-4-2-7-6(10(8)14)3-5-9(13)11(7)15/h2-5,8,10,12-15H,1H3/t8-,10-/m1/s1. The van der Waals surface area contributed by atoms with Crippen molar-refractivity contribution in [2.24, 2.45) is 0 Å². The maximum Gasteiger partial charge on any atom is 0.165 e. The van der Waals surface area contributed by atoms with E-state index in [2.05, 4.69) is 5.32 Å². The molecule has 0 amide bonds. The zero-order chi connectivity index (χ0) is 11.0. The molecule has 80 valence electrons. The van der Waals surface area contributed by atoms with E-state index in [1.54, 1.807) is 25.3 Å². The molecule has 1 aromatic rings. The molecular formula is C11H13NO3. The quantitative estimate of drug-likeness (QED) is 0.513. The normalized spacial score (nSPS) is 23.9. The van der Waals surface area contributed by atoms with Crippen LogP contribution in [-0.2, 0) is 0 Å². The average molecular weight is 207 g/mol. The van der Waals surface area contributed by atoms with E-state index in [4.69, 9.17) is 0 Å². The Labute approximate surface area is 87.5 Å². The zero-order valence-corrected chi connectivity index (χ0v) is 8.31. The molecule has 1 aromatic carbocycles. The van der Waals surface area contributed by atoms with Gasteiger partial charge in [-0.05, 0) is 18.7 Å². The number of benzene rings is 1. The van der Waals surface area contributed by atoms with Gasteiger partial charge in [0.15, 0.2) is 11.5 Å². The predicted molar refractivity (Wildman–Crippen MR) is 56.6 cm³/mol. The lowest BCUT2D eigenvalue weighted by molar-refractivity contribution is 0.149. The molecule has 0 radical (unpaired) electrons. The fourth-order valence-electron chi connectivity index (χ4n) is 1.80. The highest BCUT2D eigenvalue weighted by Crippen LogP contribution is 2.38. The third-order valence-corrected chi connectivity index (χ3v) is 2.69. The van der Waals surface area contributed by atoms with Crippen molar-refractivity contribution in [3.63, 3.8) is 0 Å². The van der Waals surface area contributed by atoms with Gasteiger partial charge in [-0.1, -0.05) is 18.2 Å². The predicted octanol–water partition coefficient (Wildman–Crippen LogP) is 0.746. The van der Waals surface area contributed by atoms with Gasteiger partial charge in [0.2, 0.25) is 0 Å². The Balaban J connectivity index is 2.53. The number of fused-ring (bicyclic) bond motifs is 1. The van der Waals surface area contributed by atoms with E-state index in [1.807, 2.05) is 0 Å². The Morgan fingerprint density at radius 1 is 1.27 bits per heavy atom. The van der Waals surface area contributed by atoms with Gasteiger partial charge in [0.1, 0.15) is 0 Å². The Morgan fingerprint density at radius 2 is 2.00 bits per heavy atom. The summed E-state index contributed by atoms with van der Waals surface area (Å²) in [5.41, 5.74) is 1.10. The van der Waals surface area contributed by atoms with Crippen LogP contribution >= 0.6 is 0 Å². The average Bonchev–Trinajstić information content (AvgIpc) is 2.24. The molecule has 1 aliphatic rings. The maximum atomic E-state index is 9.93. The first-order chi connectivity index (χ1) is 7.15. The maximum absolute atomic E-state index is 9.93. The number of nitrogens with one attached hydrogen (secondary N) is 1. The molecule has 0 aliphatic heterocycles. The molecule has 4 N–H and O–H groups in total. The summed E-state index contributed by atoms with van der Waals surface area (Å²) >= 11 is 0. The summed E-state index contributed by atoms with van der Waals surface area (Å²) in [5, 5.41) is 31.8. The number of rotatable bonds is 1. The molecule has 2 atom stereocenters. The van der Waals surface area contributed by atoms with Crippen molar-refractivity contribution in [1.82, 2.24) is 5.32 Å². The van der Waals surface area contributed by atoms with Crippen LogP contribution in [0.5, 0.6) is 11.5 Å². The van der Waals surface area contributed by atoms with Crippen LogP contribution < -0.4 is 5.32 Å². The number of aliphatic hydroxyl groups excluding tert-OH is 1. The fourth-order valence-corrected chi connectivity index (χ4v) is 1.80. The molecule has 0 bridgehead atoms. The lowest BCUT2D eigenvalue weighted by atomic mass is 9.90. The molecule has 2 rings (SSSR count). The van der Waals surface area contributed by atoms with E-state index in [9.17, 15) is 15.3 Å². The van der Waals surface area contributed by atoms with Crippen molar-refractivity contribution < 1.29 is 15.3 Å². The summed E-state index contributed by atoms with van der Waals surface area (Å²) in [6, 6.07) is 2.83. The van der Waals surface area contributed by atoms with Crippen molar-refractivity contribution >= 4 is 6.08 Å². The summed E-state index contributed by atoms with van der Waals surface area (Å²) in [4.78, 5) is 0. The molecule has 0 spiro atoms. The second-order valence-electron chi connectivity index (χ2n) is 3.55. The van der Waals surface area contributed by atoms with Crippen molar-refractivity contribution in [2.75, 3.05) is 7.05 Å². The van der Waals surface area contributed by atoms with Crippen LogP contribution in [-0.4, -0.2) is 28.4 Å². The highest BCUT2D eigenvalue weighted by molar-refractivity contribution is 5.68. The Bertz CT molecular complexity index is 415. The largest absolute Gasteiger partial charge is 0.504 e. The number of aromatic hydroxyl groups is 2. The summed E-state index contributed by atoms with van der Waals surface area (Å²) in [7, 11) is 1.75. The van der Waals surface area contributed by atoms with Gasteiger partial charge in [0.05, 0.1) is 12.1 Å². The smallest absolute Gasteiger partial charge is 0.165 e. The summed E-state index contributed by atoms with van der Waals surface area (Å²) in [6.45, 7) is 0. The van der Waals surface area contributed by atoms with E-state index >= 15 is 0 Å². The molecule has 0 fully saturated rings. The number of hydrogen-bond acceptors (Lipinski definition) is 4.